The lowest BCUT2D eigenvalue weighted by molar-refractivity contribution is 0.128. The van der Waals surface area contributed by atoms with Gasteiger partial charge in [-0.3, -0.25) is 9.89 Å². The summed E-state index contributed by atoms with van der Waals surface area (Å²) in [4.78, 5) is 6.82. The van der Waals surface area contributed by atoms with Crippen LogP contribution in [0.1, 0.15) is 46.5 Å². The molecule has 1 heterocycles. The third-order valence-electron chi connectivity index (χ3n) is 4.23. The fraction of sp³-hybridized carbons (Fsp3) is 0.941. The van der Waals surface area contributed by atoms with Crippen LogP contribution in [0.4, 0.5) is 0 Å². The van der Waals surface area contributed by atoms with E-state index in [9.17, 15) is 0 Å². The zero-order chi connectivity index (χ0) is 16.2. The molecule has 1 aliphatic rings. The van der Waals surface area contributed by atoms with Crippen LogP contribution >= 0.6 is 24.0 Å². The van der Waals surface area contributed by atoms with Crippen LogP contribution in [0.15, 0.2) is 4.99 Å². The molecule has 0 spiro atoms. The molecule has 1 aliphatic heterocycles. The van der Waals surface area contributed by atoms with Crippen molar-refractivity contribution in [3.05, 3.63) is 0 Å². The number of halogens is 1. The summed E-state index contributed by atoms with van der Waals surface area (Å²) in [7, 11) is 1.82. The number of hydrogen-bond donors (Lipinski definition) is 2. The Hall–Kier alpha value is -0.0800. The maximum Gasteiger partial charge on any atom is 0.191 e. The van der Waals surface area contributed by atoms with E-state index >= 15 is 0 Å². The van der Waals surface area contributed by atoms with Crippen LogP contribution in [-0.4, -0.2) is 63.3 Å². The molecule has 1 fully saturated rings. The lowest BCUT2D eigenvalue weighted by Gasteiger charge is -2.33. The molecule has 1 atom stereocenters. The van der Waals surface area contributed by atoms with E-state index in [2.05, 4.69) is 41.3 Å². The molecule has 1 rings (SSSR count). The highest BCUT2D eigenvalue weighted by Gasteiger charge is 2.17. The Labute approximate surface area is 160 Å². The summed E-state index contributed by atoms with van der Waals surface area (Å²) < 4.78 is 5.60. The summed E-state index contributed by atoms with van der Waals surface area (Å²) in [6, 6.07) is 0.722. The van der Waals surface area contributed by atoms with Crippen LogP contribution in [0, 0.1) is 5.92 Å². The second kappa shape index (κ2) is 14.3. The topological polar surface area (TPSA) is 48.9 Å². The van der Waals surface area contributed by atoms with Crippen molar-refractivity contribution >= 4 is 29.9 Å². The molecule has 5 nitrogen and oxygen atoms in total. The summed E-state index contributed by atoms with van der Waals surface area (Å²) >= 11 is 0. The van der Waals surface area contributed by atoms with Gasteiger partial charge in [0, 0.05) is 39.3 Å². The first kappa shape index (κ1) is 22.9. The van der Waals surface area contributed by atoms with Crippen molar-refractivity contribution in [3.8, 4) is 0 Å². The van der Waals surface area contributed by atoms with Gasteiger partial charge < -0.3 is 15.4 Å². The van der Waals surface area contributed by atoms with E-state index in [1.165, 1.54) is 25.8 Å². The number of piperidine rings is 1. The summed E-state index contributed by atoms with van der Waals surface area (Å²) in [6.07, 6.45) is 5.18. The summed E-state index contributed by atoms with van der Waals surface area (Å²) in [6.45, 7) is 12.4. The third kappa shape index (κ3) is 11.2. The largest absolute Gasteiger partial charge is 0.380 e. The molecule has 6 heteroatoms. The van der Waals surface area contributed by atoms with Gasteiger partial charge in [-0.25, -0.2) is 0 Å². The van der Waals surface area contributed by atoms with Crippen molar-refractivity contribution < 1.29 is 4.74 Å². The normalized spacial score (nSPS) is 19.5. The fourth-order valence-electron chi connectivity index (χ4n) is 2.69. The summed E-state index contributed by atoms with van der Waals surface area (Å²) in [5.74, 6) is 1.58. The van der Waals surface area contributed by atoms with Crippen LogP contribution in [0.5, 0.6) is 0 Å². The molecule has 23 heavy (non-hydrogen) atoms. The van der Waals surface area contributed by atoms with Gasteiger partial charge in [-0.05, 0) is 38.6 Å². The van der Waals surface area contributed by atoms with Crippen molar-refractivity contribution in [2.45, 2.75) is 52.5 Å². The Morgan fingerprint density at radius 1 is 1.22 bits per heavy atom. The zero-order valence-corrected chi connectivity index (χ0v) is 17.8. The van der Waals surface area contributed by atoms with E-state index in [0.717, 1.165) is 51.3 Å². The van der Waals surface area contributed by atoms with E-state index in [-0.39, 0.29) is 24.0 Å². The van der Waals surface area contributed by atoms with Gasteiger partial charge in [0.1, 0.15) is 0 Å². The maximum absolute atomic E-state index is 5.60. The van der Waals surface area contributed by atoms with Gasteiger partial charge in [0.05, 0.1) is 6.61 Å². The monoisotopic (exact) mass is 440 g/mol. The van der Waals surface area contributed by atoms with E-state index in [0.29, 0.717) is 5.92 Å². The Bertz CT molecular complexity index is 313. The first-order valence-electron chi connectivity index (χ1n) is 8.89. The highest BCUT2D eigenvalue weighted by atomic mass is 127. The average Bonchev–Trinajstić information content (AvgIpc) is 2.50. The third-order valence-corrected chi connectivity index (χ3v) is 4.23. The van der Waals surface area contributed by atoms with Crippen LogP contribution in [0.3, 0.4) is 0 Å². The van der Waals surface area contributed by atoms with Crippen LogP contribution < -0.4 is 10.6 Å². The van der Waals surface area contributed by atoms with Crippen molar-refractivity contribution in [2.75, 3.05) is 46.4 Å². The molecular weight excluding hydrogens is 403 g/mol. The lowest BCUT2D eigenvalue weighted by Crippen LogP contribution is -2.45. The molecule has 0 aromatic rings. The van der Waals surface area contributed by atoms with E-state index in [4.69, 9.17) is 4.74 Å². The van der Waals surface area contributed by atoms with Gasteiger partial charge in [0.2, 0.25) is 0 Å². The number of nitrogens with zero attached hydrogens (tertiary/aromatic N) is 2. The van der Waals surface area contributed by atoms with Gasteiger partial charge in [0.25, 0.3) is 0 Å². The van der Waals surface area contributed by atoms with Crippen LogP contribution in [0.2, 0.25) is 0 Å². The van der Waals surface area contributed by atoms with Gasteiger partial charge in [-0.2, -0.15) is 0 Å². The van der Waals surface area contributed by atoms with Gasteiger partial charge in [-0.15, -0.1) is 24.0 Å². The lowest BCUT2D eigenvalue weighted by atomic mass is 10.0. The first-order valence-corrected chi connectivity index (χ1v) is 8.89. The molecule has 0 radical (unpaired) electrons. The fourth-order valence-corrected chi connectivity index (χ4v) is 2.69. The van der Waals surface area contributed by atoms with Crippen LogP contribution in [-0.2, 0) is 4.74 Å². The molecular formula is C17H37IN4O. The average molecular weight is 440 g/mol. The molecule has 0 amide bonds. The maximum atomic E-state index is 5.60. The Morgan fingerprint density at radius 2 is 1.96 bits per heavy atom. The van der Waals surface area contributed by atoms with Crippen molar-refractivity contribution in [1.82, 2.24) is 15.5 Å². The minimum atomic E-state index is 0. The Morgan fingerprint density at radius 3 is 2.61 bits per heavy atom. The minimum Gasteiger partial charge on any atom is -0.380 e. The number of hydrogen-bond acceptors (Lipinski definition) is 3. The zero-order valence-electron chi connectivity index (χ0n) is 15.4. The van der Waals surface area contributed by atoms with E-state index in [1.807, 2.05) is 7.05 Å². The molecule has 1 unspecified atom stereocenters. The molecule has 0 aromatic carbocycles. The number of aliphatic imine (C=N–C) groups is 1. The SMILES string of the molecule is CN=C(NCCOCCC(C)C)NCCN1CCCCC1C.I. The van der Waals surface area contributed by atoms with E-state index < -0.39 is 0 Å². The minimum absolute atomic E-state index is 0. The van der Waals surface area contributed by atoms with Crippen LogP contribution in [0.25, 0.3) is 0 Å². The molecule has 0 saturated carbocycles. The highest BCUT2D eigenvalue weighted by Crippen LogP contribution is 2.15. The molecule has 2 N–H and O–H groups in total. The molecule has 0 aliphatic carbocycles. The molecule has 0 aromatic heterocycles. The quantitative estimate of drug-likeness (QED) is 0.251. The second-order valence-corrected chi connectivity index (χ2v) is 6.60. The standard InChI is InChI=1S/C17H36N4O.HI/c1-15(2)8-13-22-14-10-20-17(18-4)19-9-12-21-11-6-5-7-16(21)3;/h15-16H,5-14H2,1-4H3,(H2,18,19,20);1H. The van der Waals surface area contributed by atoms with Crippen molar-refractivity contribution in [1.29, 1.82) is 0 Å². The summed E-state index contributed by atoms with van der Waals surface area (Å²) in [5.41, 5.74) is 0. The first-order chi connectivity index (χ1) is 10.6. The van der Waals surface area contributed by atoms with Gasteiger partial charge in [-0.1, -0.05) is 20.3 Å². The molecule has 1 saturated heterocycles. The van der Waals surface area contributed by atoms with Crippen molar-refractivity contribution in [3.63, 3.8) is 0 Å². The molecule has 138 valence electrons. The highest BCUT2D eigenvalue weighted by molar-refractivity contribution is 14.0. The number of nitrogens with one attached hydrogen (secondary N) is 2. The van der Waals surface area contributed by atoms with Gasteiger partial charge >= 0.3 is 0 Å². The number of ether oxygens (including phenoxy) is 1. The summed E-state index contributed by atoms with van der Waals surface area (Å²) in [5, 5.41) is 6.69. The number of guanidine groups is 1. The number of likely N-dealkylation sites (tertiary alicyclic amines) is 1. The van der Waals surface area contributed by atoms with Gasteiger partial charge in [0.15, 0.2) is 5.96 Å². The predicted octanol–water partition coefficient (Wildman–Crippen LogP) is 2.71. The van der Waals surface area contributed by atoms with E-state index in [1.54, 1.807) is 0 Å². The smallest absolute Gasteiger partial charge is 0.191 e. The molecule has 0 bridgehead atoms. The predicted molar refractivity (Wildman–Crippen MR) is 110 cm³/mol. The van der Waals surface area contributed by atoms with Crippen molar-refractivity contribution in [2.24, 2.45) is 10.9 Å². The Balaban J connectivity index is 0.00000484. The second-order valence-electron chi connectivity index (χ2n) is 6.60. The number of rotatable bonds is 9. The Kier molecular flexibility index (Phi) is 14.2.